The lowest BCUT2D eigenvalue weighted by atomic mass is 9.95. The van der Waals surface area contributed by atoms with Crippen LogP contribution < -0.4 is 19.7 Å². The molecule has 2 heterocycles. The fraction of sp³-hybridized carbons (Fsp3) is 0.304. The van der Waals surface area contributed by atoms with Crippen molar-refractivity contribution in [3.8, 4) is 11.5 Å². The lowest BCUT2D eigenvalue weighted by molar-refractivity contribution is -0.914. The van der Waals surface area contributed by atoms with Gasteiger partial charge in [0.15, 0.2) is 0 Å². The first kappa shape index (κ1) is 19.2. The second kappa shape index (κ2) is 8.09. The Hall–Kier alpha value is -3.12. The summed E-state index contributed by atoms with van der Waals surface area (Å²) in [7, 11) is 3.19. The van der Waals surface area contributed by atoms with Crippen molar-refractivity contribution in [2.45, 2.75) is 19.9 Å². The molecule has 6 heteroatoms. The van der Waals surface area contributed by atoms with Gasteiger partial charge in [-0.05, 0) is 25.1 Å². The van der Waals surface area contributed by atoms with E-state index in [1.165, 1.54) is 4.90 Å². The number of ether oxygens (including phenoxy) is 2. The van der Waals surface area contributed by atoms with Gasteiger partial charge in [0.05, 0.1) is 49.8 Å². The van der Waals surface area contributed by atoms with E-state index in [0.717, 1.165) is 48.2 Å². The Morgan fingerprint density at radius 1 is 1.17 bits per heavy atom. The average Bonchev–Trinajstić information content (AvgIpc) is 2.76. The molecule has 1 aliphatic heterocycles. The first-order chi connectivity index (χ1) is 14.1. The van der Waals surface area contributed by atoms with E-state index in [0.29, 0.717) is 22.7 Å². The number of fused-ring (bicyclic) bond motifs is 2. The second-order valence-corrected chi connectivity index (χ2v) is 7.23. The van der Waals surface area contributed by atoms with Crippen LogP contribution in [0.4, 0.5) is 5.69 Å². The maximum absolute atomic E-state index is 13.5. The number of quaternary nitrogens is 1. The average molecular weight is 392 g/mol. The van der Waals surface area contributed by atoms with E-state index in [4.69, 9.17) is 14.5 Å². The molecule has 1 unspecified atom stereocenters. The summed E-state index contributed by atoms with van der Waals surface area (Å²) in [6.07, 6.45) is 0.881. The normalized spacial score (nSPS) is 15.6. The van der Waals surface area contributed by atoms with Crippen molar-refractivity contribution in [1.29, 1.82) is 0 Å². The van der Waals surface area contributed by atoms with Gasteiger partial charge >= 0.3 is 0 Å². The first-order valence-corrected chi connectivity index (χ1v) is 9.92. The third kappa shape index (κ3) is 3.63. The summed E-state index contributed by atoms with van der Waals surface area (Å²) in [4.78, 5) is 19.8. The molecule has 3 aromatic rings. The van der Waals surface area contributed by atoms with E-state index in [2.05, 4.69) is 12.2 Å². The van der Waals surface area contributed by atoms with Crippen molar-refractivity contribution in [2.75, 3.05) is 32.6 Å². The smallest absolute Gasteiger partial charge is 0.257 e. The summed E-state index contributed by atoms with van der Waals surface area (Å²) < 4.78 is 10.7. The number of hydrogen-bond acceptors (Lipinski definition) is 4. The van der Waals surface area contributed by atoms with Gasteiger partial charge in [0.25, 0.3) is 5.91 Å². The highest BCUT2D eigenvalue weighted by molar-refractivity contribution is 6.14. The highest BCUT2D eigenvalue weighted by atomic mass is 16.5. The molecule has 0 bridgehead atoms. The van der Waals surface area contributed by atoms with Crippen LogP contribution in [0.15, 0.2) is 42.5 Å². The molecule has 29 heavy (non-hydrogen) atoms. The van der Waals surface area contributed by atoms with Crippen LogP contribution in [0, 0.1) is 0 Å². The molecule has 1 aromatic heterocycles. The molecule has 2 aromatic carbocycles. The zero-order valence-corrected chi connectivity index (χ0v) is 17.0. The predicted molar refractivity (Wildman–Crippen MR) is 113 cm³/mol. The van der Waals surface area contributed by atoms with Crippen LogP contribution in [0.5, 0.6) is 11.5 Å². The quantitative estimate of drug-likeness (QED) is 0.700. The lowest BCUT2D eigenvalue weighted by Crippen LogP contribution is -3.11. The number of para-hydroxylation sites is 1. The molecular formula is C23H26N3O3+. The standard InChI is InChI=1S/C23H25N3O3/c1-4-26-12-11-19-17(14-26)22(16-7-5-6-8-18(16)24-19)23(27)25-20-13-15(28-2)9-10-21(20)29-3/h5-10,13H,4,11-12,14H2,1-3H3,(H,25,27)/p+1. The van der Waals surface area contributed by atoms with Crippen LogP contribution in [-0.4, -0.2) is 38.2 Å². The maximum Gasteiger partial charge on any atom is 0.257 e. The minimum Gasteiger partial charge on any atom is -0.497 e. The van der Waals surface area contributed by atoms with E-state index < -0.39 is 0 Å². The van der Waals surface area contributed by atoms with E-state index in [1.807, 2.05) is 24.3 Å². The SMILES string of the molecule is CC[NH+]1CCc2nc3ccccc3c(C(=O)Nc3cc(OC)ccc3OC)c2C1. The van der Waals surface area contributed by atoms with E-state index in [-0.39, 0.29) is 5.91 Å². The highest BCUT2D eigenvalue weighted by Gasteiger charge is 2.27. The van der Waals surface area contributed by atoms with Gasteiger partial charge in [-0.2, -0.15) is 0 Å². The molecule has 0 saturated heterocycles. The molecule has 0 radical (unpaired) electrons. The van der Waals surface area contributed by atoms with Gasteiger partial charge in [-0.1, -0.05) is 18.2 Å². The van der Waals surface area contributed by atoms with E-state index in [1.54, 1.807) is 32.4 Å². The molecular weight excluding hydrogens is 366 g/mol. The van der Waals surface area contributed by atoms with Gasteiger partial charge in [-0.15, -0.1) is 0 Å². The third-order valence-electron chi connectivity index (χ3n) is 5.60. The number of methoxy groups -OCH3 is 2. The summed E-state index contributed by atoms with van der Waals surface area (Å²) in [6.45, 7) is 5.05. The lowest BCUT2D eigenvalue weighted by Gasteiger charge is -2.26. The van der Waals surface area contributed by atoms with Crippen LogP contribution in [0.2, 0.25) is 0 Å². The topological polar surface area (TPSA) is 64.9 Å². The number of nitrogens with one attached hydrogen (secondary N) is 2. The van der Waals surface area contributed by atoms with Gasteiger partial charge in [0.1, 0.15) is 18.0 Å². The van der Waals surface area contributed by atoms with Crippen LogP contribution in [0.1, 0.15) is 28.5 Å². The van der Waals surface area contributed by atoms with Crippen molar-refractivity contribution in [3.63, 3.8) is 0 Å². The number of aromatic nitrogens is 1. The molecule has 6 nitrogen and oxygen atoms in total. The number of anilines is 1. The molecule has 1 atom stereocenters. The maximum atomic E-state index is 13.5. The van der Waals surface area contributed by atoms with E-state index in [9.17, 15) is 4.79 Å². The van der Waals surface area contributed by atoms with E-state index >= 15 is 0 Å². The number of amides is 1. The van der Waals surface area contributed by atoms with Gasteiger partial charge in [-0.25, -0.2) is 0 Å². The number of likely N-dealkylation sites (N-methyl/N-ethyl adjacent to an activating group) is 1. The zero-order valence-electron chi connectivity index (χ0n) is 17.0. The predicted octanol–water partition coefficient (Wildman–Crippen LogP) is 2.47. The zero-order chi connectivity index (χ0) is 20.4. The Morgan fingerprint density at radius 2 is 2.00 bits per heavy atom. The monoisotopic (exact) mass is 392 g/mol. The molecule has 0 saturated carbocycles. The van der Waals surface area contributed by atoms with Crippen LogP contribution in [0.3, 0.4) is 0 Å². The minimum absolute atomic E-state index is 0.149. The summed E-state index contributed by atoms with van der Waals surface area (Å²) in [6, 6.07) is 13.2. The summed E-state index contributed by atoms with van der Waals surface area (Å²) in [5, 5.41) is 3.92. The number of hydrogen-bond donors (Lipinski definition) is 2. The van der Waals surface area contributed by atoms with Gasteiger partial charge in [0.2, 0.25) is 0 Å². The number of carbonyl (C=O) groups excluding carboxylic acids is 1. The van der Waals surface area contributed by atoms with Crippen LogP contribution in [-0.2, 0) is 13.0 Å². The summed E-state index contributed by atoms with van der Waals surface area (Å²) >= 11 is 0. The Bertz CT molecular complexity index is 1060. The van der Waals surface area contributed by atoms with Crippen LogP contribution in [0.25, 0.3) is 10.9 Å². The van der Waals surface area contributed by atoms with Gasteiger partial charge in [0, 0.05) is 23.4 Å². The number of benzene rings is 2. The molecule has 2 N–H and O–H groups in total. The number of carbonyl (C=O) groups is 1. The molecule has 0 spiro atoms. The van der Waals surface area contributed by atoms with Crippen molar-refractivity contribution in [1.82, 2.24) is 4.98 Å². The largest absolute Gasteiger partial charge is 0.497 e. The van der Waals surface area contributed by atoms with Crippen molar-refractivity contribution < 1.29 is 19.2 Å². The Labute approximate surface area is 170 Å². The molecule has 150 valence electrons. The van der Waals surface area contributed by atoms with Crippen molar-refractivity contribution >= 4 is 22.5 Å². The molecule has 0 fully saturated rings. The Kier molecular flexibility index (Phi) is 5.36. The first-order valence-electron chi connectivity index (χ1n) is 9.92. The number of pyridine rings is 1. The fourth-order valence-electron chi connectivity index (χ4n) is 3.99. The summed E-state index contributed by atoms with van der Waals surface area (Å²) in [5.74, 6) is 1.10. The molecule has 4 rings (SSSR count). The molecule has 1 amide bonds. The van der Waals surface area contributed by atoms with Gasteiger partial charge < -0.3 is 19.7 Å². The van der Waals surface area contributed by atoms with Crippen molar-refractivity contribution in [2.24, 2.45) is 0 Å². The highest BCUT2D eigenvalue weighted by Crippen LogP contribution is 2.31. The number of rotatable bonds is 5. The molecule has 1 aliphatic rings. The third-order valence-corrected chi connectivity index (χ3v) is 5.60. The molecule has 0 aliphatic carbocycles. The fourth-order valence-corrected chi connectivity index (χ4v) is 3.99. The Balaban J connectivity index is 1.82. The minimum atomic E-state index is -0.149. The Morgan fingerprint density at radius 3 is 2.76 bits per heavy atom. The summed E-state index contributed by atoms with van der Waals surface area (Å²) in [5.41, 5.74) is 4.23. The van der Waals surface area contributed by atoms with Crippen LogP contribution >= 0.6 is 0 Å². The number of nitrogens with zero attached hydrogens (tertiary/aromatic N) is 1. The second-order valence-electron chi connectivity index (χ2n) is 7.23. The van der Waals surface area contributed by atoms with Gasteiger partial charge in [-0.3, -0.25) is 9.78 Å². The van der Waals surface area contributed by atoms with Crippen molar-refractivity contribution in [3.05, 3.63) is 59.3 Å².